The first-order valence-corrected chi connectivity index (χ1v) is 11.2. The van der Waals surface area contributed by atoms with Gasteiger partial charge in [0.05, 0.1) is 0 Å². The van der Waals surface area contributed by atoms with E-state index < -0.39 is 10.0 Å². The van der Waals surface area contributed by atoms with Gasteiger partial charge in [0.25, 0.3) is 0 Å². The van der Waals surface area contributed by atoms with E-state index in [2.05, 4.69) is 0 Å². The lowest BCUT2D eigenvalue weighted by Gasteiger charge is -2.36. The molecule has 3 rings (SSSR count). The Morgan fingerprint density at radius 2 is 1.50 bits per heavy atom. The van der Waals surface area contributed by atoms with E-state index in [1.54, 1.807) is 11.0 Å². The Hall–Kier alpha value is -2.19. The van der Waals surface area contributed by atoms with Gasteiger partial charge in [-0.2, -0.15) is 4.31 Å². The molecule has 2 aliphatic heterocycles. The molecule has 0 unspecified atom stereocenters. The third-order valence-electron chi connectivity index (χ3n) is 5.60. The van der Waals surface area contributed by atoms with E-state index in [1.807, 2.05) is 30.3 Å². The number of sulfonamides is 1. The molecule has 2 heterocycles. The molecule has 0 saturated carbocycles. The van der Waals surface area contributed by atoms with Crippen molar-refractivity contribution in [2.45, 2.75) is 25.7 Å². The quantitative estimate of drug-likeness (QED) is 0.801. The maximum absolute atomic E-state index is 12.7. The zero-order chi connectivity index (χ0) is 20.1. The zero-order valence-electron chi connectivity index (χ0n) is 15.9. The maximum Gasteiger partial charge on any atom is 0.236 e. The average molecular weight is 406 g/mol. The average Bonchev–Trinajstić information content (AvgIpc) is 2.73. The second-order valence-corrected chi connectivity index (χ2v) is 9.25. The van der Waals surface area contributed by atoms with Gasteiger partial charge in [-0.05, 0) is 37.3 Å². The molecule has 0 spiro atoms. The minimum Gasteiger partial charge on any atom is -0.369 e. The zero-order valence-corrected chi connectivity index (χ0v) is 16.7. The number of hydrogen-bond acceptors (Lipinski definition) is 4. The molecule has 2 saturated heterocycles. The number of carbonyl (C=O) groups is 2. The van der Waals surface area contributed by atoms with Gasteiger partial charge in [0.1, 0.15) is 0 Å². The fourth-order valence-corrected chi connectivity index (χ4v) is 5.04. The Labute approximate surface area is 166 Å². The summed E-state index contributed by atoms with van der Waals surface area (Å²) in [4.78, 5) is 25.8. The minimum absolute atomic E-state index is 0.0693. The molecule has 1 aromatic carbocycles. The molecule has 2 N–H and O–H groups in total. The van der Waals surface area contributed by atoms with Crippen LogP contribution in [0.25, 0.3) is 6.08 Å². The highest BCUT2D eigenvalue weighted by Crippen LogP contribution is 2.25. The molecule has 2 aliphatic rings. The van der Waals surface area contributed by atoms with Gasteiger partial charge in [-0.25, -0.2) is 8.42 Å². The van der Waals surface area contributed by atoms with Crippen LogP contribution in [0.3, 0.4) is 0 Å². The first-order chi connectivity index (χ1) is 13.4. The Bertz CT molecular complexity index is 822. The molecule has 28 heavy (non-hydrogen) atoms. The Kier molecular flexibility index (Phi) is 6.51. The van der Waals surface area contributed by atoms with Crippen molar-refractivity contribution in [1.29, 1.82) is 0 Å². The molecule has 2 fully saturated rings. The summed E-state index contributed by atoms with van der Waals surface area (Å²) in [5.41, 5.74) is 6.17. The standard InChI is InChI=1S/C20H27N3O4S/c21-19(24)17-6-11-22(12-7-17)20(25)18-8-13-23(14-9-18)28(26,27)15-10-16-4-2-1-3-5-16/h1-5,10,15,17-18H,6-9,11-14H2,(H2,21,24)/b15-10+. The van der Waals surface area contributed by atoms with Crippen LogP contribution in [-0.4, -0.2) is 55.6 Å². The molecular formula is C20H27N3O4S. The number of rotatable bonds is 5. The van der Waals surface area contributed by atoms with Crippen LogP contribution < -0.4 is 5.73 Å². The molecule has 2 amide bonds. The van der Waals surface area contributed by atoms with Crippen LogP contribution in [0.2, 0.25) is 0 Å². The molecule has 0 bridgehead atoms. The second kappa shape index (κ2) is 8.87. The summed E-state index contributed by atoms with van der Waals surface area (Å²) >= 11 is 0. The van der Waals surface area contributed by atoms with Crippen LogP contribution in [0.1, 0.15) is 31.2 Å². The summed E-state index contributed by atoms with van der Waals surface area (Å²) in [6.07, 6.45) is 3.85. The van der Waals surface area contributed by atoms with Gasteiger partial charge in [0.15, 0.2) is 0 Å². The van der Waals surface area contributed by atoms with E-state index in [-0.39, 0.29) is 23.7 Å². The van der Waals surface area contributed by atoms with Gasteiger partial charge in [-0.1, -0.05) is 30.3 Å². The molecule has 1 aromatic rings. The number of likely N-dealkylation sites (tertiary alicyclic amines) is 1. The molecule has 0 radical (unpaired) electrons. The third-order valence-corrected chi connectivity index (χ3v) is 7.17. The maximum atomic E-state index is 12.7. The monoisotopic (exact) mass is 405 g/mol. The van der Waals surface area contributed by atoms with Crippen molar-refractivity contribution in [3.05, 3.63) is 41.3 Å². The molecule has 0 aliphatic carbocycles. The van der Waals surface area contributed by atoms with Gasteiger partial charge < -0.3 is 10.6 Å². The lowest BCUT2D eigenvalue weighted by Crippen LogP contribution is -2.47. The number of amides is 2. The SMILES string of the molecule is NC(=O)C1CCN(C(=O)C2CCN(S(=O)(=O)/C=C/c3ccccc3)CC2)CC1. The third kappa shape index (κ3) is 4.99. The number of hydrogen-bond donors (Lipinski definition) is 1. The van der Waals surface area contributed by atoms with Crippen molar-refractivity contribution in [1.82, 2.24) is 9.21 Å². The highest BCUT2D eigenvalue weighted by atomic mass is 32.2. The van der Waals surface area contributed by atoms with Crippen molar-refractivity contribution in [3.63, 3.8) is 0 Å². The number of benzene rings is 1. The number of nitrogens with zero attached hydrogens (tertiary/aromatic N) is 2. The van der Waals surface area contributed by atoms with Crippen LogP contribution in [0.15, 0.2) is 35.7 Å². The van der Waals surface area contributed by atoms with E-state index in [4.69, 9.17) is 5.73 Å². The first kappa shape index (κ1) is 20.5. The largest absolute Gasteiger partial charge is 0.369 e. The topological polar surface area (TPSA) is 101 Å². The number of carbonyl (C=O) groups excluding carboxylic acids is 2. The predicted octanol–water partition coefficient (Wildman–Crippen LogP) is 1.42. The smallest absolute Gasteiger partial charge is 0.236 e. The summed E-state index contributed by atoms with van der Waals surface area (Å²) in [5.74, 6) is -0.531. The van der Waals surface area contributed by atoms with Gasteiger partial charge in [-0.3, -0.25) is 9.59 Å². The highest BCUT2D eigenvalue weighted by molar-refractivity contribution is 7.92. The molecular weight excluding hydrogens is 378 g/mol. The Balaban J connectivity index is 1.52. The van der Waals surface area contributed by atoms with Gasteiger partial charge >= 0.3 is 0 Å². The molecule has 0 aromatic heterocycles. The molecule has 7 nitrogen and oxygen atoms in total. The number of nitrogens with two attached hydrogens (primary N) is 1. The lowest BCUT2D eigenvalue weighted by molar-refractivity contribution is -0.139. The van der Waals surface area contributed by atoms with Crippen LogP contribution in [-0.2, 0) is 19.6 Å². The van der Waals surface area contributed by atoms with Gasteiger partial charge in [-0.15, -0.1) is 0 Å². The Morgan fingerprint density at radius 3 is 2.07 bits per heavy atom. The summed E-state index contributed by atoms with van der Waals surface area (Å²) < 4.78 is 26.5. The summed E-state index contributed by atoms with van der Waals surface area (Å²) in [7, 11) is -3.50. The first-order valence-electron chi connectivity index (χ1n) is 9.68. The number of primary amides is 1. The normalized spacial score (nSPS) is 20.5. The van der Waals surface area contributed by atoms with E-state index in [1.165, 1.54) is 9.71 Å². The van der Waals surface area contributed by atoms with Crippen molar-refractivity contribution in [2.24, 2.45) is 17.6 Å². The van der Waals surface area contributed by atoms with E-state index >= 15 is 0 Å². The summed E-state index contributed by atoms with van der Waals surface area (Å²) in [6, 6.07) is 9.28. The van der Waals surface area contributed by atoms with Crippen LogP contribution in [0, 0.1) is 11.8 Å². The second-order valence-electron chi connectivity index (χ2n) is 7.43. The van der Waals surface area contributed by atoms with E-state index in [0.29, 0.717) is 51.9 Å². The summed E-state index contributed by atoms with van der Waals surface area (Å²) in [6.45, 7) is 1.78. The molecule has 152 valence electrons. The Morgan fingerprint density at radius 1 is 0.929 bits per heavy atom. The fourth-order valence-electron chi connectivity index (χ4n) is 3.81. The van der Waals surface area contributed by atoms with Crippen molar-refractivity contribution in [2.75, 3.05) is 26.2 Å². The van der Waals surface area contributed by atoms with Crippen molar-refractivity contribution >= 4 is 27.9 Å². The fraction of sp³-hybridized carbons (Fsp3) is 0.500. The minimum atomic E-state index is -3.50. The predicted molar refractivity (Wildman–Crippen MR) is 107 cm³/mol. The molecule has 8 heteroatoms. The van der Waals surface area contributed by atoms with Gasteiger partial charge in [0.2, 0.25) is 21.8 Å². The lowest BCUT2D eigenvalue weighted by atomic mass is 9.92. The van der Waals surface area contributed by atoms with Crippen LogP contribution in [0.4, 0.5) is 0 Å². The van der Waals surface area contributed by atoms with E-state index in [9.17, 15) is 18.0 Å². The van der Waals surface area contributed by atoms with Crippen LogP contribution in [0.5, 0.6) is 0 Å². The van der Waals surface area contributed by atoms with Gasteiger partial charge in [0, 0.05) is 43.4 Å². The summed E-state index contributed by atoms with van der Waals surface area (Å²) in [5, 5.41) is 1.24. The molecule has 0 atom stereocenters. The number of piperidine rings is 2. The van der Waals surface area contributed by atoms with Crippen LogP contribution >= 0.6 is 0 Å². The van der Waals surface area contributed by atoms with Crippen molar-refractivity contribution in [3.8, 4) is 0 Å². The van der Waals surface area contributed by atoms with E-state index in [0.717, 1.165) is 5.56 Å². The highest BCUT2D eigenvalue weighted by Gasteiger charge is 2.34. The van der Waals surface area contributed by atoms with Crippen molar-refractivity contribution < 1.29 is 18.0 Å².